The molecule has 4 nitrogen and oxygen atoms in total. The fraction of sp³-hybridized carbons (Fsp3) is 0.250. The van der Waals surface area contributed by atoms with Gasteiger partial charge in [0, 0.05) is 17.9 Å². The van der Waals surface area contributed by atoms with E-state index in [4.69, 9.17) is 0 Å². The Kier molecular flexibility index (Phi) is 3.57. The van der Waals surface area contributed by atoms with E-state index in [1.807, 2.05) is 0 Å². The molecule has 0 fully saturated rings. The summed E-state index contributed by atoms with van der Waals surface area (Å²) in [6.07, 6.45) is 3.57. The number of thiol groups is 1. The van der Waals surface area contributed by atoms with Gasteiger partial charge in [-0.1, -0.05) is 12.2 Å². The first-order valence-corrected chi connectivity index (χ1v) is 4.43. The molecule has 0 saturated heterocycles. The number of hydrogen-bond donors (Lipinski definition) is 2. The Morgan fingerprint density at radius 2 is 2.15 bits per heavy atom. The summed E-state index contributed by atoms with van der Waals surface area (Å²) < 4.78 is 1.24. The highest BCUT2D eigenvalue weighted by atomic mass is 32.1. The lowest BCUT2D eigenvalue weighted by Gasteiger charge is -1.98. The van der Waals surface area contributed by atoms with E-state index in [-0.39, 0.29) is 11.1 Å². The topological polar surface area (TPSA) is 54.9 Å². The van der Waals surface area contributed by atoms with E-state index in [2.05, 4.69) is 17.7 Å². The van der Waals surface area contributed by atoms with E-state index in [1.165, 1.54) is 16.8 Å². The summed E-state index contributed by atoms with van der Waals surface area (Å²) in [5.74, 6) is 0.617. The third-order valence-electron chi connectivity index (χ3n) is 1.45. The molecule has 0 unspecified atom stereocenters. The van der Waals surface area contributed by atoms with Crippen molar-refractivity contribution in [1.29, 1.82) is 0 Å². The molecule has 1 rings (SSSR count). The van der Waals surface area contributed by atoms with E-state index in [0.29, 0.717) is 12.3 Å². The van der Waals surface area contributed by atoms with Gasteiger partial charge in [-0.05, 0) is 0 Å². The Labute approximate surface area is 80.3 Å². The van der Waals surface area contributed by atoms with Crippen LogP contribution in [0.2, 0.25) is 0 Å². The molecule has 1 aromatic rings. The number of aromatic amines is 1. The van der Waals surface area contributed by atoms with Crippen molar-refractivity contribution < 1.29 is 0 Å². The van der Waals surface area contributed by atoms with E-state index in [1.54, 1.807) is 12.2 Å². The number of hydrogen-bond acceptors (Lipinski definition) is 3. The Hall–Kier alpha value is -1.23. The van der Waals surface area contributed by atoms with Gasteiger partial charge in [0.2, 0.25) is 0 Å². The number of nitrogens with zero attached hydrogens (tertiary/aromatic N) is 1. The minimum Gasteiger partial charge on any atom is -0.268 e. The molecule has 0 aliphatic heterocycles. The molecule has 70 valence electrons. The molecule has 5 heteroatoms. The van der Waals surface area contributed by atoms with Gasteiger partial charge in [-0.2, -0.15) is 12.6 Å². The SMILES string of the molecule is O=c1ccc(=O)n(CC=CCS)[nH]1. The van der Waals surface area contributed by atoms with Crippen LogP contribution in [0.3, 0.4) is 0 Å². The van der Waals surface area contributed by atoms with Gasteiger partial charge in [-0.3, -0.25) is 14.7 Å². The van der Waals surface area contributed by atoms with Crippen LogP contribution in [0.4, 0.5) is 0 Å². The van der Waals surface area contributed by atoms with Crippen molar-refractivity contribution in [3.05, 3.63) is 45.0 Å². The molecule has 0 aromatic carbocycles. The highest BCUT2D eigenvalue weighted by molar-refractivity contribution is 7.80. The van der Waals surface area contributed by atoms with Gasteiger partial charge >= 0.3 is 0 Å². The second kappa shape index (κ2) is 4.71. The average molecular weight is 198 g/mol. The molecule has 1 heterocycles. The van der Waals surface area contributed by atoms with Gasteiger partial charge in [-0.25, -0.2) is 4.68 Å². The summed E-state index contributed by atoms with van der Waals surface area (Å²) in [5, 5.41) is 2.41. The zero-order valence-electron chi connectivity index (χ0n) is 6.93. The zero-order valence-corrected chi connectivity index (χ0v) is 7.83. The van der Waals surface area contributed by atoms with Crippen LogP contribution in [0.15, 0.2) is 33.9 Å². The zero-order chi connectivity index (χ0) is 9.68. The highest BCUT2D eigenvalue weighted by Crippen LogP contribution is 1.79. The van der Waals surface area contributed by atoms with Crippen molar-refractivity contribution in [2.24, 2.45) is 0 Å². The lowest BCUT2D eigenvalue weighted by molar-refractivity contribution is 0.638. The maximum atomic E-state index is 11.1. The summed E-state index contributed by atoms with van der Waals surface area (Å²) in [6, 6.07) is 2.45. The molecule has 0 saturated carbocycles. The standard InChI is InChI=1S/C8H10N2O2S/c11-7-3-4-8(12)10(9-7)5-1-2-6-13/h1-4,13H,5-6H2,(H,9,11). The lowest BCUT2D eigenvalue weighted by atomic mass is 10.5. The van der Waals surface area contributed by atoms with Crippen LogP contribution in [0, 0.1) is 0 Å². The van der Waals surface area contributed by atoms with Crippen LogP contribution in [0.25, 0.3) is 0 Å². The average Bonchev–Trinajstić information content (AvgIpc) is 2.11. The van der Waals surface area contributed by atoms with Crippen molar-refractivity contribution in [1.82, 2.24) is 9.78 Å². The molecule has 13 heavy (non-hydrogen) atoms. The van der Waals surface area contributed by atoms with Gasteiger partial charge in [0.15, 0.2) is 0 Å². The first-order chi connectivity index (χ1) is 6.24. The molecule has 0 aliphatic carbocycles. The van der Waals surface area contributed by atoms with Crippen LogP contribution >= 0.6 is 12.6 Å². The van der Waals surface area contributed by atoms with Crippen LogP contribution in [0.5, 0.6) is 0 Å². The van der Waals surface area contributed by atoms with Crippen LogP contribution in [0.1, 0.15) is 0 Å². The molecule has 1 N–H and O–H groups in total. The summed E-state index contributed by atoms with van der Waals surface area (Å²) in [6.45, 7) is 0.371. The molecule has 0 spiro atoms. The fourth-order valence-corrected chi connectivity index (χ4v) is 1.00. The normalized spacial score (nSPS) is 10.8. The smallest absolute Gasteiger partial charge is 0.265 e. The summed E-state index contributed by atoms with van der Waals surface area (Å²) in [5.41, 5.74) is -0.498. The van der Waals surface area contributed by atoms with Gasteiger partial charge in [0.05, 0.1) is 6.54 Å². The van der Waals surface area contributed by atoms with E-state index in [9.17, 15) is 9.59 Å². The second-order valence-electron chi connectivity index (χ2n) is 2.41. The third kappa shape index (κ3) is 2.95. The molecule has 0 bridgehead atoms. The van der Waals surface area contributed by atoms with Crippen LogP contribution in [-0.4, -0.2) is 15.5 Å². The largest absolute Gasteiger partial charge is 0.268 e. The first-order valence-electron chi connectivity index (χ1n) is 3.80. The summed E-state index contributed by atoms with van der Waals surface area (Å²) in [4.78, 5) is 21.9. The maximum absolute atomic E-state index is 11.1. The first kappa shape index (κ1) is 9.85. The quantitative estimate of drug-likeness (QED) is 0.531. The van der Waals surface area contributed by atoms with Gasteiger partial charge in [0.25, 0.3) is 11.1 Å². The lowest BCUT2D eigenvalue weighted by Crippen LogP contribution is -2.27. The Morgan fingerprint density at radius 1 is 1.38 bits per heavy atom. The number of allylic oxidation sites excluding steroid dienone is 1. The minimum atomic E-state index is -0.279. The van der Waals surface area contributed by atoms with Gasteiger partial charge in [0.1, 0.15) is 0 Å². The van der Waals surface area contributed by atoms with Crippen molar-refractivity contribution in [2.75, 3.05) is 5.75 Å². The van der Waals surface area contributed by atoms with Crippen molar-refractivity contribution >= 4 is 12.6 Å². The highest BCUT2D eigenvalue weighted by Gasteiger charge is 1.91. The molecule has 0 radical (unpaired) electrons. The number of H-pyrrole nitrogens is 1. The second-order valence-corrected chi connectivity index (χ2v) is 2.78. The number of rotatable bonds is 3. The van der Waals surface area contributed by atoms with E-state index >= 15 is 0 Å². The molecular formula is C8H10N2O2S. The van der Waals surface area contributed by atoms with Crippen molar-refractivity contribution in [2.45, 2.75) is 6.54 Å². The predicted octanol–water partition coefficient (Wildman–Crippen LogP) is 0.0226. The van der Waals surface area contributed by atoms with E-state index in [0.717, 1.165) is 0 Å². The Balaban J connectivity index is 2.88. The van der Waals surface area contributed by atoms with Crippen LogP contribution < -0.4 is 11.1 Å². The van der Waals surface area contributed by atoms with Gasteiger partial charge in [-0.15, -0.1) is 0 Å². The molecule has 0 amide bonds. The molecule has 0 aliphatic rings. The van der Waals surface area contributed by atoms with Gasteiger partial charge < -0.3 is 0 Å². The Bertz CT molecular complexity index is 405. The molecular weight excluding hydrogens is 188 g/mol. The molecule has 0 atom stereocenters. The Morgan fingerprint density at radius 3 is 2.85 bits per heavy atom. The fourth-order valence-electron chi connectivity index (χ4n) is 0.852. The number of aromatic nitrogens is 2. The molecule has 1 aromatic heterocycles. The van der Waals surface area contributed by atoms with Crippen LogP contribution in [-0.2, 0) is 6.54 Å². The maximum Gasteiger partial charge on any atom is 0.265 e. The summed E-state index contributed by atoms with van der Waals surface area (Å²) >= 11 is 3.97. The van der Waals surface area contributed by atoms with Crippen molar-refractivity contribution in [3.63, 3.8) is 0 Å². The minimum absolute atomic E-state index is 0.219. The third-order valence-corrected chi connectivity index (χ3v) is 1.66. The monoisotopic (exact) mass is 198 g/mol. The number of nitrogens with one attached hydrogen (secondary N) is 1. The summed E-state index contributed by atoms with van der Waals surface area (Å²) in [7, 11) is 0. The van der Waals surface area contributed by atoms with Crippen molar-refractivity contribution in [3.8, 4) is 0 Å². The van der Waals surface area contributed by atoms with E-state index < -0.39 is 0 Å². The predicted molar refractivity (Wildman–Crippen MR) is 54.3 cm³/mol.